The van der Waals surface area contributed by atoms with Gasteiger partial charge in [-0.1, -0.05) is 30.3 Å². The summed E-state index contributed by atoms with van der Waals surface area (Å²) in [4.78, 5) is 29.2. The maximum atomic E-state index is 12.1. The summed E-state index contributed by atoms with van der Waals surface area (Å²) >= 11 is 0. The van der Waals surface area contributed by atoms with Gasteiger partial charge in [0.1, 0.15) is 0 Å². The van der Waals surface area contributed by atoms with E-state index in [1.807, 2.05) is 30.3 Å². The minimum absolute atomic E-state index is 0.00897. The van der Waals surface area contributed by atoms with Gasteiger partial charge in [-0.15, -0.1) is 0 Å². The smallest absolute Gasteiger partial charge is 0.239 e. The van der Waals surface area contributed by atoms with Crippen molar-refractivity contribution in [3.05, 3.63) is 42.4 Å². The van der Waals surface area contributed by atoms with E-state index in [-0.39, 0.29) is 18.4 Å². The molecule has 1 aromatic heterocycles. The Bertz CT molecular complexity index is 681. The molecule has 2 aromatic rings. The Balaban J connectivity index is 1.48. The molecule has 23 heavy (non-hydrogen) atoms. The third-order valence-electron chi connectivity index (χ3n) is 3.78. The lowest BCUT2D eigenvalue weighted by molar-refractivity contribution is -0.138. The number of carbonyl (C=O) groups is 2. The molecule has 2 amide bonds. The fourth-order valence-corrected chi connectivity index (χ4v) is 2.56. The highest BCUT2D eigenvalue weighted by Gasteiger charge is 2.20. The zero-order chi connectivity index (χ0) is 16.1. The van der Waals surface area contributed by atoms with Gasteiger partial charge in [0, 0.05) is 31.5 Å². The van der Waals surface area contributed by atoms with Crippen molar-refractivity contribution in [2.75, 3.05) is 19.6 Å². The molecule has 0 bridgehead atoms. The van der Waals surface area contributed by atoms with Crippen LogP contribution in [-0.4, -0.2) is 41.3 Å². The molecule has 6 nitrogen and oxygen atoms in total. The lowest BCUT2D eigenvalue weighted by Crippen LogP contribution is -2.49. The van der Waals surface area contributed by atoms with Gasteiger partial charge in [0.2, 0.25) is 11.8 Å². The first-order valence-corrected chi connectivity index (χ1v) is 7.77. The van der Waals surface area contributed by atoms with Crippen LogP contribution in [-0.2, 0) is 16.0 Å². The molecule has 6 heteroatoms. The SMILES string of the molecule is O=C1CN(C(=O)CCCc2ncc(-c3ccccc3)o2)CCN1. The zero-order valence-corrected chi connectivity index (χ0v) is 12.8. The van der Waals surface area contributed by atoms with Gasteiger partial charge >= 0.3 is 0 Å². The summed E-state index contributed by atoms with van der Waals surface area (Å²) in [6.07, 6.45) is 3.38. The second-order valence-corrected chi connectivity index (χ2v) is 5.50. The largest absolute Gasteiger partial charge is 0.441 e. The highest BCUT2D eigenvalue weighted by atomic mass is 16.4. The minimum Gasteiger partial charge on any atom is -0.441 e. The van der Waals surface area contributed by atoms with Gasteiger partial charge in [0.05, 0.1) is 12.7 Å². The predicted octanol–water partition coefficient (Wildman–Crippen LogP) is 1.62. The molecule has 3 rings (SSSR count). The van der Waals surface area contributed by atoms with Crippen LogP contribution < -0.4 is 5.32 Å². The van der Waals surface area contributed by atoms with Gasteiger partial charge in [0.15, 0.2) is 11.7 Å². The van der Waals surface area contributed by atoms with E-state index in [9.17, 15) is 9.59 Å². The van der Waals surface area contributed by atoms with E-state index in [2.05, 4.69) is 10.3 Å². The number of hydrogen-bond acceptors (Lipinski definition) is 4. The molecule has 1 aliphatic rings. The Labute approximate surface area is 134 Å². The molecular weight excluding hydrogens is 294 g/mol. The average molecular weight is 313 g/mol. The molecule has 2 heterocycles. The molecule has 0 unspecified atom stereocenters. The predicted molar refractivity (Wildman–Crippen MR) is 84.5 cm³/mol. The summed E-state index contributed by atoms with van der Waals surface area (Å²) in [5.74, 6) is 1.28. The monoisotopic (exact) mass is 313 g/mol. The Hall–Kier alpha value is -2.63. The molecule has 1 fully saturated rings. The van der Waals surface area contributed by atoms with E-state index in [1.165, 1.54) is 0 Å². The minimum atomic E-state index is -0.0928. The summed E-state index contributed by atoms with van der Waals surface area (Å²) < 4.78 is 5.71. The van der Waals surface area contributed by atoms with Crippen molar-refractivity contribution in [1.82, 2.24) is 15.2 Å². The number of hydrogen-bond donors (Lipinski definition) is 1. The van der Waals surface area contributed by atoms with Gasteiger partial charge in [0.25, 0.3) is 0 Å². The molecular formula is C17H19N3O3. The Kier molecular flexibility index (Phi) is 4.71. The van der Waals surface area contributed by atoms with E-state index < -0.39 is 0 Å². The van der Waals surface area contributed by atoms with E-state index in [1.54, 1.807) is 11.1 Å². The van der Waals surface area contributed by atoms with Gasteiger partial charge < -0.3 is 14.6 Å². The highest BCUT2D eigenvalue weighted by Crippen LogP contribution is 2.20. The number of oxazole rings is 1. The van der Waals surface area contributed by atoms with Crippen molar-refractivity contribution in [3.63, 3.8) is 0 Å². The third kappa shape index (κ3) is 3.97. The molecule has 1 aliphatic heterocycles. The van der Waals surface area contributed by atoms with Gasteiger partial charge in [-0.25, -0.2) is 4.98 Å². The van der Waals surface area contributed by atoms with Crippen LogP contribution in [0.2, 0.25) is 0 Å². The molecule has 0 aliphatic carbocycles. The summed E-state index contributed by atoms with van der Waals surface area (Å²) in [7, 11) is 0. The fraction of sp³-hybridized carbons (Fsp3) is 0.353. The Morgan fingerprint density at radius 2 is 2.13 bits per heavy atom. The van der Waals surface area contributed by atoms with Crippen molar-refractivity contribution < 1.29 is 14.0 Å². The summed E-state index contributed by atoms with van der Waals surface area (Å²) in [5, 5.41) is 2.71. The van der Waals surface area contributed by atoms with E-state index >= 15 is 0 Å². The number of amides is 2. The molecule has 0 saturated carbocycles. The molecule has 0 radical (unpaired) electrons. The number of aryl methyl sites for hydroxylation is 1. The molecule has 1 saturated heterocycles. The molecule has 1 N–H and O–H groups in total. The number of piperazine rings is 1. The van der Waals surface area contributed by atoms with Crippen LogP contribution in [0.25, 0.3) is 11.3 Å². The fourth-order valence-electron chi connectivity index (χ4n) is 2.56. The number of nitrogens with one attached hydrogen (secondary N) is 1. The number of nitrogens with zero attached hydrogens (tertiary/aromatic N) is 2. The molecule has 120 valence electrons. The van der Waals surface area contributed by atoms with Crippen LogP contribution in [0.3, 0.4) is 0 Å². The normalized spacial score (nSPS) is 14.6. The van der Waals surface area contributed by atoms with Crippen LogP contribution in [0.1, 0.15) is 18.7 Å². The highest BCUT2D eigenvalue weighted by molar-refractivity contribution is 5.85. The first-order chi connectivity index (χ1) is 11.2. The first-order valence-electron chi connectivity index (χ1n) is 7.77. The summed E-state index contributed by atoms with van der Waals surface area (Å²) in [5.41, 5.74) is 0.988. The third-order valence-corrected chi connectivity index (χ3v) is 3.78. The molecule has 1 aromatic carbocycles. The summed E-state index contributed by atoms with van der Waals surface area (Å²) in [6.45, 7) is 1.28. The van der Waals surface area contributed by atoms with Crippen LogP contribution in [0.5, 0.6) is 0 Å². The lowest BCUT2D eigenvalue weighted by Gasteiger charge is -2.26. The maximum absolute atomic E-state index is 12.1. The van der Waals surface area contributed by atoms with Crippen LogP contribution in [0.15, 0.2) is 40.9 Å². The van der Waals surface area contributed by atoms with Crippen LogP contribution in [0.4, 0.5) is 0 Å². The second kappa shape index (κ2) is 7.09. The number of benzene rings is 1. The first kappa shape index (κ1) is 15.3. The van der Waals surface area contributed by atoms with E-state index in [0.29, 0.717) is 38.2 Å². The van der Waals surface area contributed by atoms with Crippen molar-refractivity contribution in [2.24, 2.45) is 0 Å². The lowest BCUT2D eigenvalue weighted by atomic mass is 10.2. The van der Waals surface area contributed by atoms with E-state index in [0.717, 1.165) is 11.3 Å². The van der Waals surface area contributed by atoms with Crippen LogP contribution in [0, 0.1) is 0 Å². The van der Waals surface area contributed by atoms with Gasteiger partial charge in [-0.3, -0.25) is 9.59 Å². The number of rotatable bonds is 5. The van der Waals surface area contributed by atoms with Crippen molar-refractivity contribution in [3.8, 4) is 11.3 Å². The Morgan fingerprint density at radius 1 is 1.30 bits per heavy atom. The summed E-state index contributed by atoms with van der Waals surface area (Å²) in [6, 6.07) is 9.79. The van der Waals surface area contributed by atoms with Gasteiger partial charge in [-0.2, -0.15) is 0 Å². The molecule has 0 spiro atoms. The number of carbonyl (C=O) groups excluding carboxylic acids is 2. The second-order valence-electron chi connectivity index (χ2n) is 5.50. The number of aromatic nitrogens is 1. The average Bonchev–Trinajstić information content (AvgIpc) is 3.04. The topological polar surface area (TPSA) is 75.4 Å². The maximum Gasteiger partial charge on any atom is 0.239 e. The Morgan fingerprint density at radius 3 is 2.91 bits per heavy atom. The van der Waals surface area contributed by atoms with Crippen molar-refractivity contribution >= 4 is 11.8 Å². The van der Waals surface area contributed by atoms with Gasteiger partial charge in [-0.05, 0) is 6.42 Å². The van der Waals surface area contributed by atoms with E-state index in [4.69, 9.17) is 4.42 Å². The van der Waals surface area contributed by atoms with Crippen molar-refractivity contribution in [2.45, 2.75) is 19.3 Å². The van der Waals surface area contributed by atoms with Crippen LogP contribution >= 0.6 is 0 Å². The molecule has 0 atom stereocenters. The zero-order valence-electron chi connectivity index (χ0n) is 12.8. The van der Waals surface area contributed by atoms with Crippen molar-refractivity contribution in [1.29, 1.82) is 0 Å². The quantitative estimate of drug-likeness (QED) is 0.910. The standard InChI is InChI=1S/C17H19N3O3/c21-15-12-20(10-9-18-15)17(22)8-4-7-16-19-11-14(23-16)13-5-2-1-3-6-13/h1-3,5-6,11H,4,7-10,12H2,(H,18,21).